The van der Waals surface area contributed by atoms with Gasteiger partial charge in [0.05, 0.1) is 13.5 Å². The number of nitrogens with zero attached hydrogens (tertiary/aromatic N) is 1. The molecule has 0 aliphatic heterocycles. The van der Waals surface area contributed by atoms with Crippen LogP contribution in [0.3, 0.4) is 0 Å². The number of phenolic OH excluding ortho intramolecular Hbond substituents is 1. The molecule has 0 saturated carbocycles. The Morgan fingerprint density at radius 1 is 1.22 bits per heavy atom. The monoisotopic (exact) mass is 383 g/mol. The largest absolute Gasteiger partial charge is 0.504 e. The van der Waals surface area contributed by atoms with Crippen LogP contribution in [0, 0.1) is 0 Å². The zero-order chi connectivity index (χ0) is 19.6. The molecule has 0 aliphatic carbocycles. The third kappa shape index (κ3) is 4.04. The lowest BCUT2D eigenvalue weighted by atomic mass is 10.0. The Hall–Kier alpha value is -3.05. The fourth-order valence-corrected chi connectivity index (χ4v) is 3.07. The zero-order valence-corrected chi connectivity index (χ0v) is 15.7. The van der Waals surface area contributed by atoms with E-state index >= 15 is 0 Å². The lowest BCUT2D eigenvalue weighted by Crippen LogP contribution is -2.05. The molecular formula is C21H18ClNO4. The van der Waals surface area contributed by atoms with Gasteiger partial charge in [-0.05, 0) is 42.0 Å². The Kier molecular flexibility index (Phi) is 5.33. The number of hydrogen-bond donors (Lipinski definition) is 1. The molecule has 1 heterocycles. The van der Waals surface area contributed by atoms with Crippen molar-refractivity contribution >= 4 is 40.1 Å². The van der Waals surface area contributed by atoms with Gasteiger partial charge in [0.2, 0.25) is 0 Å². The summed E-state index contributed by atoms with van der Waals surface area (Å²) in [6, 6.07) is 10.1. The van der Waals surface area contributed by atoms with Gasteiger partial charge in [0.25, 0.3) is 0 Å². The van der Waals surface area contributed by atoms with E-state index in [-0.39, 0.29) is 23.7 Å². The van der Waals surface area contributed by atoms with E-state index in [1.165, 1.54) is 19.3 Å². The van der Waals surface area contributed by atoms with E-state index in [9.17, 15) is 14.7 Å². The fourth-order valence-electron chi connectivity index (χ4n) is 2.90. The van der Waals surface area contributed by atoms with Crippen molar-refractivity contribution in [2.24, 2.45) is 7.05 Å². The number of aromatic nitrogens is 1. The molecule has 3 rings (SSSR count). The molecule has 0 saturated heterocycles. The van der Waals surface area contributed by atoms with Crippen molar-refractivity contribution in [2.75, 3.05) is 7.11 Å². The first-order valence-electron chi connectivity index (χ1n) is 8.24. The number of Topliss-reactive ketones (excluding diaryl/α,β-unsaturated/α-hetero) is 1. The van der Waals surface area contributed by atoms with Crippen molar-refractivity contribution in [3.8, 4) is 11.5 Å². The normalized spacial score (nSPS) is 11.2. The van der Waals surface area contributed by atoms with E-state index in [0.29, 0.717) is 21.9 Å². The molecule has 0 unspecified atom stereocenters. The number of methoxy groups -OCH3 is 1. The van der Waals surface area contributed by atoms with Gasteiger partial charge in [0.1, 0.15) is 0 Å². The third-order valence-electron chi connectivity index (χ3n) is 4.25. The number of aromatic hydroxyl groups is 1. The van der Waals surface area contributed by atoms with Crippen LogP contribution in [0.2, 0.25) is 5.02 Å². The minimum Gasteiger partial charge on any atom is -0.504 e. The second-order valence-electron chi connectivity index (χ2n) is 6.15. The first-order valence-corrected chi connectivity index (χ1v) is 8.62. The van der Waals surface area contributed by atoms with Crippen molar-refractivity contribution in [2.45, 2.75) is 6.42 Å². The molecule has 138 valence electrons. The molecule has 1 N–H and O–H groups in total. The van der Waals surface area contributed by atoms with Crippen LogP contribution >= 0.6 is 11.6 Å². The van der Waals surface area contributed by atoms with Crippen molar-refractivity contribution in [1.29, 1.82) is 0 Å². The summed E-state index contributed by atoms with van der Waals surface area (Å²) in [5.74, 6) is -0.261. The van der Waals surface area contributed by atoms with Gasteiger partial charge in [0.15, 0.2) is 23.1 Å². The highest BCUT2D eigenvalue weighted by molar-refractivity contribution is 6.31. The Bertz CT molecular complexity index is 1070. The van der Waals surface area contributed by atoms with E-state index in [4.69, 9.17) is 16.3 Å². The number of ketones is 2. The quantitative estimate of drug-likeness (QED) is 0.389. The Balaban J connectivity index is 1.75. The minimum absolute atomic E-state index is 0.0178. The van der Waals surface area contributed by atoms with Crippen LogP contribution in [0.25, 0.3) is 17.0 Å². The molecule has 5 nitrogen and oxygen atoms in total. The SMILES string of the molecule is COc1ccc(C=CC(=O)CC(=O)c2cn(C)c3ccc(Cl)cc23)cc1O. The molecule has 0 radical (unpaired) electrons. The van der Waals surface area contributed by atoms with Crippen molar-refractivity contribution in [1.82, 2.24) is 4.57 Å². The summed E-state index contributed by atoms with van der Waals surface area (Å²) in [7, 11) is 3.30. The van der Waals surface area contributed by atoms with Crippen LogP contribution in [-0.2, 0) is 11.8 Å². The average Bonchev–Trinajstić information content (AvgIpc) is 2.96. The Morgan fingerprint density at radius 3 is 2.70 bits per heavy atom. The molecular weight excluding hydrogens is 366 g/mol. The first kappa shape index (κ1) is 18.7. The molecule has 0 aliphatic rings. The van der Waals surface area contributed by atoms with Crippen molar-refractivity contribution in [3.63, 3.8) is 0 Å². The van der Waals surface area contributed by atoms with Gasteiger partial charge in [0, 0.05) is 34.7 Å². The van der Waals surface area contributed by atoms with Gasteiger partial charge in [-0.15, -0.1) is 0 Å². The van der Waals surface area contributed by atoms with Gasteiger partial charge in [-0.1, -0.05) is 23.7 Å². The van der Waals surface area contributed by atoms with Gasteiger partial charge >= 0.3 is 0 Å². The highest BCUT2D eigenvalue weighted by atomic mass is 35.5. The fraction of sp³-hybridized carbons (Fsp3) is 0.143. The van der Waals surface area contributed by atoms with E-state index < -0.39 is 0 Å². The number of halogens is 1. The summed E-state index contributed by atoms with van der Waals surface area (Å²) in [6.07, 6.45) is 4.35. The molecule has 0 amide bonds. The third-order valence-corrected chi connectivity index (χ3v) is 4.49. The highest BCUT2D eigenvalue weighted by Gasteiger charge is 2.16. The summed E-state index contributed by atoms with van der Waals surface area (Å²) in [6.45, 7) is 0. The number of allylic oxidation sites excluding steroid dienone is 1. The summed E-state index contributed by atoms with van der Waals surface area (Å²) in [5, 5.41) is 11.0. The Labute approximate surface area is 161 Å². The number of ether oxygens (including phenoxy) is 1. The summed E-state index contributed by atoms with van der Waals surface area (Å²) < 4.78 is 6.81. The van der Waals surface area contributed by atoms with Crippen LogP contribution in [0.4, 0.5) is 0 Å². The van der Waals surface area contributed by atoms with E-state index in [2.05, 4.69) is 0 Å². The number of fused-ring (bicyclic) bond motifs is 1. The van der Waals surface area contributed by atoms with E-state index in [1.54, 1.807) is 36.5 Å². The second-order valence-corrected chi connectivity index (χ2v) is 6.58. The van der Waals surface area contributed by atoms with Crippen LogP contribution in [0.5, 0.6) is 11.5 Å². The smallest absolute Gasteiger partial charge is 0.172 e. The zero-order valence-electron chi connectivity index (χ0n) is 14.9. The van der Waals surface area contributed by atoms with Gasteiger partial charge in [-0.25, -0.2) is 0 Å². The lowest BCUT2D eigenvalue weighted by molar-refractivity contribution is -0.113. The van der Waals surface area contributed by atoms with Gasteiger partial charge in [-0.3, -0.25) is 9.59 Å². The maximum absolute atomic E-state index is 12.6. The second kappa shape index (κ2) is 7.68. The molecule has 2 aromatic carbocycles. The van der Waals surface area contributed by atoms with Crippen LogP contribution in [0.1, 0.15) is 22.3 Å². The summed E-state index contributed by atoms with van der Waals surface area (Å²) in [5.41, 5.74) is 1.98. The molecule has 27 heavy (non-hydrogen) atoms. The standard InChI is InChI=1S/C21H18ClNO4/c1-23-12-17(16-10-14(22)5-7-18(16)23)19(25)11-15(24)6-3-13-4-8-21(27-2)20(26)9-13/h3-10,12,26H,11H2,1-2H3. The van der Waals surface area contributed by atoms with E-state index in [1.807, 2.05) is 17.7 Å². The number of benzene rings is 2. The number of aryl methyl sites for hydroxylation is 1. The molecule has 0 fully saturated rings. The Morgan fingerprint density at radius 2 is 2.00 bits per heavy atom. The van der Waals surface area contributed by atoms with Crippen molar-refractivity contribution < 1.29 is 19.4 Å². The number of carbonyl (C=O) groups is 2. The molecule has 3 aromatic rings. The summed E-state index contributed by atoms with van der Waals surface area (Å²) >= 11 is 6.03. The molecule has 0 atom stereocenters. The van der Waals surface area contributed by atoms with E-state index in [0.717, 1.165) is 10.9 Å². The number of carbonyl (C=O) groups excluding carboxylic acids is 2. The minimum atomic E-state index is -0.325. The molecule has 1 aromatic heterocycles. The van der Waals surface area contributed by atoms with Crippen LogP contribution in [-0.4, -0.2) is 28.3 Å². The number of rotatable bonds is 6. The maximum Gasteiger partial charge on any atom is 0.172 e. The molecule has 0 bridgehead atoms. The predicted octanol–water partition coefficient (Wildman–Crippen LogP) is 4.40. The number of phenols is 1. The molecule has 6 heteroatoms. The van der Waals surface area contributed by atoms with Gasteiger partial charge < -0.3 is 14.4 Å². The van der Waals surface area contributed by atoms with Crippen molar-refractivity contribution in [3.05, 3.63) is 64.8 Å². The van der Waals surface area contributed by atoms with Crippen LogP contribution in [0.15, 0.2) is 48.7 Å². The topological polar surface area (TPSA) is 68.5 Å². The lowest BCUT2D eigenvalue weighted by Gasteiger charge is -2.03. The maximum atomic E-state index is 12.6. The summed E-state index contributed by atoms with van der Waals surface area (Å²) in [4.78, 5) is 24.8. The number of hydrogen-bond acceptors (Lipinski definition) is 4. The molecule has 0 spiro atoms. The van der Waals surface area contributed by atoms with Gasteiger partial charge in [-0.2, -0.15) is 0 Å². The predicted molar refractivity (Wildman–Crippen MR) is 106 cm³/mol. The average molecular weight is 384 g/mol. The highest BCUT2D eigenvalue weighted by Crippen LogP contribution is 2.27. The first-order chi connectivity index (χ1) is 12.9. The van der Waals surface area contributed by atoms with Crippen LogP contribution < -0.4 is 4.74 Å².